The standard InChI is InChI=1S/C24H34O4/c1-5-16(3)24(26)28-21-14-15(2)13-18-10-9-17(4)20(23(18)21)12-11-19-7-6-8-22(25)27-19/h6,8-10,13,15-17,19-21,23H,5,7,11-12,14H2,1-4H3/t15?,16-,17-,19-,20-,21?,23-/m1/s1. The van der Waals surface area contributed by atoms with Crippen molar-refractivity contribution in [3.63, 3.8) is 0 Å². The van der Waals surface area contributed by atoms with Gasteiger partial charge in [0.2, 0.25) is 0 Å². The molecular formula is C24H34O4. The maximum absolute atomic E-state index is 12.5. The first-order valence-corrected chi connectivity index (χ1v) is 10.9. The van der Waals surface area contributed by atoms with Crippen molar-refractivity contribution in [2.75, 3.05) is 0 Å². The van der Waals surface area contributed by atoms with E-state index in [-0.39, 0.29) is 36.0 Å². The number of allylic oxidation sites excluding steroid dienone is 3. The van der Waals surface area contributed by atoms with Crippen molar-refractivity contribution in [2.24, 2.45) is 29.6 Å². The maximum Gasteiger partial charge on any atom is 0.330 e. The monoisotopic (exact) mass is 386 g/mol. The highest BCUT2D eigenvalue weighted by molar-refractivity contribution is 5.82. The smallest absolute Gasteiger partial charge is 0.330 e. The van der Waals surface area contributed by atoms with Crippen molar-refractivity contribution < 1.29 is 19.1 Å². The molecule has 1 heterocycles. The van der Waals surface area contributed by atoms with Crippen molar-refractivity contribution in [1.29, 1.82) is 0 Å². The second kappa shape index (κ2) is 9.11. The van der Waals surface area contributed by atoms with Gasteiger partial charge in [0.1, 0.15) is 12.2 Å². The molecular weight excluding hydrogens is 352 g/mol. The lowest BCUT2D eigenvalue weighted by Gasteiger charge is -2.43. The Bertz CT molecular complexity index is 674. The second-order valence-electron chi connectivity index (χ2n) is 8.85. The zero-order chi connectivity index (χ0) is 20.3. The molecule has 0 spiro atoms. The molecule has 0 saturated heterocycles. The summed E-state index contributed by atoms with van der Waals surface area (Å²) in [6.45, 7) is 8.41. The topological polar surface area (TPSA) is 52.6 Å². The predicted molar refractivity (Wildman–Crippen MR) is 109 cm³/mol. The lowest BCUT2D eigenvalue weighted by atomic mass is 9.65. The van der Waals surface area contributed by atoms with Crippen LogP contribution < -0.4 is 0 Å². The van der Waals surface area contributed by atoms with Crippen LogP contribution >= 0.6 is 0 Å². The van der Waals surface area contributed by atoms with Gasteiger partial charge in [-0.1, -0.05) is 52.0 Å². The van der Waals surface area contributed by atoms with Crippen LogP contribution in [0, 0.1) is 29.6 Å². The average Bonchev–Trinajstić information content (AvgIpc) is 2.66. The summed E-state index contributed by atoms with van der Waals surface area (Å²) >= 11 is 0. The molecule has 0 amide bonds. The van der Waals surface area contributed by atoms with E-state index < -0.39 is 0 Å². The van der Waals surface area contributed by atoms with Gasteiger partial charge < -0.3 is 9.47 Å². The number of cyclic esters (lactones) is 1. The number of rotatable bonds is 6. The average molecular weight is 387 g/mol. The SMILES string of the molecule is CC[C@@H](C)C(=O)OC1CC(C)C=C2C=C[C@@H](C)[C@@H](CC[C@H]3CC=CC(=O)O3)[C@@H]21. The predicted octanol–water partition coefficient (Wildman–Crippen LogP) is 5.00. The van der Waals surface area contributed by atoms with Crippen molar-refractivity contribution in [1.82, 2.24) is 0 Å². The fraction of sp³-hybridized carbons (Fsp3) is 0.667. The Hall–Kier alpha value is -1.84. The lowest BCUT2D eigenvalue weighted by Crippen LogP contribution is -2.41. The third-order valence-corrected chi connectivity index (χ3v) is 6.64. The van der Waals surface area contributed by atoms with E-state index in [9.17, 15) is 9.59 Å². The molecule has 154 valence electrons. The molecule has 0 N–H and O–H groups in total. The van der Waals surface area contributed by atoms with E-state index in [0.717, 1.165) is 32.1 Å². The Morgan fingerprint density at radius 1 is 1.29 bits per heavy atom. The maximum atomic E-state index is 12.5. The highest BCUT2D eigenvalue weighted by Gasteiger charge is 2.41. The molecule has 0 saturated carbocycles. The molecule has 0 bridgehead atoms. The first-order chi connectivity index (χ1) is 13.4. The van der Waals surface area contributed by atoms with Crippen molar-refractivity contribution in [3.8, 4) is 0 Å². The van der Waals surface area contributed by atoms with Crippen LogP contribution in [0.2, 0.25) is 0 Å². The molecule has 2 unspecified atom stereocenters. The van der Waals surface area contributed by atoms with Gasteiger partial charge in [0.15, 0.2) is 0 Å². The third-order valence-electron chi connectivity index (χ3n) is 6.64. The molecule has 7 atom stereocenters. The quantitative estimate of drug-likeness (QED) is 0.603. The molecule has 4 heteroatoms. The summed E-state index contributed by atoms with van der Waals surface area (Å²) in [4.78, 5) is 24.1. The van der Waals surface area contributed by atoms with Gasteiger partial charge in [-0.2, -0.15) is 0 Å². The fourth-order valence-electron chi connectivity index (χ4n) is 4.78. The van der Waals surface area contributed by atoms with Gasteiger partial charge in [0, 0.05) is 18.4 Å². The minimum absolute atomic E-state index is 0.0355. The van der Waals surface area contributed by atoms with Crippen molar-refractivity contribution in [2.45, 2.75) is 72.0 Å². The van der Waals surface area contributed by atoms with Gasteiger partial charge in [0.25, 0.3) is 0 Å². The molecule has 3 aliphatic rings. The summed E-state index contributed by atoms with van der Waals surface area (Å²) in [5, 5.41) is 0. The zero-order valence-corrected chi connectivity index (χ0v) is 17.6. The number of carbonyl (C=O) groups is 2. The Labute approximate surface area is 169 Å². The molecule has 0 aromatic heterocycles. The minimum Gasteiger partial charge on any atom is -0.461 e. The van der Waals surface area contributed by atoms with Crippen molar-refractivity contribution in [3.05, 3.63) is 36.0 Å². The minimum atomic E-state index is -0.236. The number of carbonyl (C=O) groups excluding carboxylic acids is 2. The molecule has 3 rings (SSSR count). The molecule has 0 radical (unpaired) electrons. The third kappa shape index (κ3) is 4.76. The Morgan fingerprint density at radius 3 is 2.79 bits per heavy atom. The number of hydrogen-bond acceptors (Lipinski definition) is 4. The van der Waals surface area contributed by atoms with Crippen LogP contribution in [-0.4, -0.2) is 24.1 Å². The zero-order valence-electron chi connectivity index (χ0n) is 17.6. The summed E-state index contributed by atoms with van der Waals surface area (Å²) in [5.74, 6) is 1.07. The van der Waals surface area contributed by atoms with Gasteiger partial charge in [-0.15, -0.1) is 0 Å². The summed E-state index contributed by atoms with van der Waals surface area (Å²) in [5.41, 5.74) is 1.31. The van der Waals surface area contributed by atoms with Crippen molar-refractivity contribution >= 4 is 11.9 Å². The van der Waals surface area contributed by atoms with Crippen LogP contribution in [0.25, 0.3) is 0 Å². The molecule has 4 nitrogen and oxygen atoms in total. The Balaban J connectivity index is 1.75. The van der Waals surface area contributed by atoms with Crippen LogP contribution in [0.15, 0.2) is 36.0 Å². The summed E-state index contributed by atoms with van der Waals surface area (Å²) in [6.07, 6.45) is 14.5. The Morgan fingerprint density at radius 2 is 2.07 bits per heavy atom. The molecule has 28 heavy (non-hydrogen) atoms. The number of hydrogen-bond donors (Lipinski definition) is 0. The van der Waals surface area contributed by atoms with Gasteiger partial charge in [-0.3, -0.25) is 4.79 Å². The highest BCUT2D eigenvalue weighted by atomic mass is 16.5. The van der Waals surface area contributed by atoms with Gasteiger partial charge in [-0.25, -0.2) is 4.79 Å². The van der Waals surface area contributed by atoms with Gasteiger partial charge in [-0.05, 0) is 49.0 Å². The molecule has 0 fully saturated rings. The van der Waals surface area contributed by atoms with E-state index in [0.29, 0.717) is 17.8 Å². The van der Waals surface area contributed by atoms with E-state index >= 15 is 0 Å². The van der Waals surface area contributed by atoms with Crippen LogP contribution in [0.4, 0.5) is 0 Å². The summed E-state index contributed by atoms with van der Waals surface area (Å²) in [7, 11) is 0. The van der Waals surface area contributed by atoms with E-state index in [1.165, 1.54) is 11.6 Å². The van der Waals surface area contributed by atoms with Crippen LogP contribution in [-0.2, 0) is 19.1 Å². The normalized spacial score (nSPS) is 35.6. The number of esters is 2. The van der Waals surface area contributed by atoms with Gasteiger partial charge >= 0.3 is 11.9 Å². The molecule has 2 aliphatic carbocycles. The van der Waals surface area contributed by atoms with Gasteiger partial charge in [0.05, 0.1) is 5.92 Å². The first kappa shape index (κ1) is 20.9. The molecule has 1 aliphatic heterocycles. The summed E-state index contributed by atoms with van der Waals surface area (Å²) in [6, 6.07) is 0. The van der Waals surface area contributed by atoms with Crippen LogP contribution in [0.1, 0.15) is 59.8 Å². The Kier molecular flexibility index (Phi) is 6.79. The second-order valence-corrected chi connectivity index (χ2v) is 8.85. The highest BCUT2D eigenvalue weighted by Crippen LogP contribution is 2.45. The van der Waals surface area contributed by atoms with Crippen LogP contribution in [0.5, 0.6) is 0 Å². The van der Waals surface area contributed by atoms with E-state index in [1.807, 2.05) is 19.9 Å². The van der Waals surface area contributed by atoms with E-state index in [4.69, 9.17) is 9.47 Å². The number of ether oxygens (including phenoxy) is 2. The fourth-order valence-corrected chi connectivity index (χ4v) is 4.78. The lowest BCUT2D eigenvalue weighted by molar-refractivity contribution is -0.158. The molecule has 0 aromatic carbocycles. The van der Waals surface area contributed by atoms with Crippen LogP contribution in [0.3, 0.4) is 0 Å². The first-order valence-electron chi connectivity index (χ1n) is 10.9. The van der Waals surface area contributed by atoms with E-state index in [1.54, 1.807) is 0 Å². The molecule has 0 aromatic rings. The number of fused-ring (bicyclic) bond motifs is 1. The van der Waals surface area contributed by atoms with E-state index in [2.05, 4.69) is 32.1 Å². The largest absolute Gasteiger partial charge is 0.461 e. The summed E-state index contributed by atoms with van der Waals surface area (Å²) < 4.78 is 11.5.